The molecule has 6 nitrogen and oxygen atoms in total. The van der Waals surface area contributed by atoms with Crippen LogP contribution in [-0.2, 0) is 25.5 Å². The van der Waals surface area contributed by atoms with Gasteiger partial charge in [-0.15, -0.1) is 0 Å². The van der Waals surface area contributed by atoms with E-state index in [9.17, 15) is 0 Å². The minimum Gasteiger partial charge on any atom is -0.377 e. The zero-order valence-corrected chi connectivity index (χ0v) is 20.7. The number of pyridine rings is 1. The highest BCUT2D eigenvalue weighted by Crippen LogP contribution is 2.18. The molecule has 0 atom stereocenters. The summed E-state index contributed by atoms with van der Waals surface area (Å²) in [6.07, 6.45) is 4.37. The van der Waals surface area contributed by atoms with E-state index in [2.05, 4.69) is 89.2 Å². The lowest BCUT2D eigenvalue weighted by Crippen LogP contribution is -2.36. The Kier molecular flexibility index (Phi) is 10.1. The van der Waals surface area contributed by atoms with Crippen LogP contribution in [0.2, 0.25) is 0 Å². The van der Waals surface area contributed by atoms with Gasteiger partial charge in [-0.25, -0.2) is 0 Å². The Balaban J connectivity index is 1.41. The highest BCUT2D eigenvalue weighted by molar-refractivity contribution is 5.77. The molecule has 1 fully saturated rings. The van der Waals surface area contributed by atoms with Crippen molar-refractivity contribution in [2.75, 3.05) is 70.8 Å². The Morgan fingerprint density at radius 3 is 1.91 bits per heavy atom. The molecular formula is C29H37N2O4+. The average Bonchev–Trinajstić information content (AvgIpc) is 2.91. The first kappa shape index (κ1) is 25.3. The molecule has 1 saturated heterocycles. The number of para-hydroxylation sites is 1. The standard InChI is InChI=1S/C29H37N2O4/c1-2-31-28(14-10-26-5-3-4-6-29(26)31)13-9-25-7-11-27(12-8-25)30-15-17-32-19-21-34-23-24-35-22-20-33-18-16-30/h3-14H,2,15-24H2,1H3/q+1. The molecule has 3 aromatic rings. The monoisotopic (exact) mass is 477 g/mol. The number of hydrogen-bond acceptors (Lipinski definition) is 5. The van der Waals surface area contributed by atoms with Crippen LogP contribution in [0.15, 0.2) is 60.7 Å². The molecule has 35 heavy (non-hydrogen) atoms. The first-order valence-electron chi connectivity index (χ1n) is 12.6. The number of benzene rings is 2. The van der Waals surface area contributed by atoms with Crippen LogP contribution >= 0.6 is 0 Å². The van der Waals surface area contributed by atoms with Crippen molar-refractivity contribution < 1.29 is 23.5 Å². The normalized spacial score (nSPS) is 17.3. The zero-order valence-electron chi connectivity index (χ0n) is 20.7. The zero-order chi connectivity index (χ0) is 24.1. The number of rotatable bonds is 4. The van der Waals surface area contributed by atoms with Crippen LogP contribution in [0.1, 0.15) is 18.2 Å². The summed E-state index contributed by atoms with van der Waals surface area (Å²) in [6.45, 7) is 9.61. The van der Waals surface area contributed by atoms with E-state index in [-0.39, 0.29) is 0 Å². The van der Waals surface area contributed by atoms with Gasteiger partial charge in [0.15, 0.2) is 0 Å². The van der Waals surface area contributed by atoms with E-state index < -0.39 is 0 Å². The van der Waals surface area contributed by atoms with Crippen molar-refractivity contribution in [2.24, 2.45) is 0 Å². The van der Waals surface area contributed by atoms with Crippen LogP contribution in [0.3, 0.4) is 0 Å². The van der Waals surface area contributed by atoms with Gasteiger partial charge in [-0.1, -0.05) is 24.3 Å². The minimum absolute atomic E-state index is 0.593. The van der Waals surface area contributed by atoms with Crippen molar-refractivity contribution >= 4 is 28.7 Å². The van der Waals surface area contributed by atoms with Gasteiger partial charge in [0.1, 0.15) is 6.54 Å². The third kappa shape index (κ3) is 7.61. The average molecular weight is 478 g/mol. The minimum atomic E-state index is 0.593. The van der Waals surface area contributed by atoms with Crippen LogP contribution in [0.25, 0.3) is 23.1 Å². The van der Waals surface area contributed by atoms with Crippen LogP contribution in [-0.4, -0.2) is 65.9 Å². The van der Waals surface area contributed by atoms with E-state index in [0.29, 0.717) is 52.9 Å². The molecule has 6 heteroatoms. The second kappa shape index (κ2) is 14.0. The first-order valence-corrected chi connectivity index (χ1v) is 12.6. The van der Waals surface area contributed by atoms with Gasteiger partial charge in [0, 0.05) is 42.4 Å². The SMILES string of the molecule is CC[n+]1c(/C=C/c2ccc(N3CCOCCOCCOCCOCC3)cc2)ccc2ccccc21. The Morgan fingerprint density at radius 1 is 0.686 bits per heavy atom. The molecule has 2 heterocycles. The third-order valence-electron chi connectivity index (χ3n) is 6.12. The molecule has 0 amide bonds. The quantitative estimate of drug-likeness (QED) is 0.527. The van der Waals surface area contributed by atoms with Crippen LogP contribution in [0.5, 0.6) is 0 Å². The molecule has 0 radical (unpaired) electrons. The summed E-state index contributed by atoms with van der Waals surface area (Å²) >= 11 is 0. The number of aryl methyl sites for hydroxylation is 1. The van der Waals surface area contributed by atoms with Gasteiger partial charge in [0.25, 0.3) is 0 Å². The maximum absolute atomic E-state index is 5.76. The van der Waals surface area contributed by atoms with Gasteiger partial charge in [-0.3, -0.25) is 0 Å². The molecule has 1 aliphatic heterocycles. The molecule has 0 bridgehead atoms. The molecule has 186 valence electrons. The molecular weight excluding hydrogens is 440 g/mol. The van der Waals surface area contributed by atoms with Gasteiger partial charge >= 0.3 is 0 Å². The predicted molar refractivity (Wildman–Crippen MR) is 141 cm³/mol. The summed E-state index contributed by atoms with van der Waals surface area (Å²) in [5, 5.41) is 1.26. The Hall–Kier alpha value is -2.77. The lowest BCUT2D eigenvalue weighted by molar-refractivity contribution is -0.669. The summed E-state index contributed by atoms with van der Waals surface area (Å²) in [6, 6.07) is 21.6. The number of anilines is 1. The second-order valence-electron chi connectivity index (χ2n) is 8.42. The Morgan fingerprint density at radius 2 is 1.29 bits per heavy atom. The summed E-state index contributed by atoms with van der Waals surface area (Å²) < 4.78 is 24.9. The topological polar surface area (TPSA) is 44.0 Å². The molecule has 1 aliphatic rings. The summed E-state index contributed by atoms with van der Waals surface area (Å²) in [4.78, 5) is 2.31. The summed E-state index contributed by atoms with van der Waals surface area (Å²) in [5.74, 6) is 0. The highest BCUT2D eigenvalue weighted by atomic mass is 16.6. The van der Waals surface area contributed by atoms with Crippen molar-refractivity contribution in [1.29, 1.82) is 0 Å². The summed E-state index contributed by atoms with van der Waals surface area (Å²) in [5.41, 5.74) is 4.79. The van der Waals surface area contributed by atoms with Gasteiger partial charge in [-0.2, -0.15) is 4.57 Å². The maximum Gasteiger partial charge on any atom is 0.212 e. The van der Waals surface area contributed by atoms with Gasteiger partial charge in [0.05, 0.1) is 52.9 Å². The molecule has 0 N–H and O–H groups in total. The molecule has 0 spiro atoms. The fourth-order valence-corrected chi connectivity index (χ4v) is 4.24. The number of fused-ring (bicyclic) bond motifs is 1. The van der Waals surface area contributed by atoms with E-state index >= 15 is 0 Å². The summed E-state index contributed by atoms with van der Waals surface area (Å²) in [7, 11) is 0. The highest BCUT2D eigenvalue weighted by Gasteiger charge is 2.11. The van der Waals surface area contributed by atoms with Crippen molar-refractivity contribution in [3.05, 3.63) is 71.9 Å². The predicted octanol–water partition coefficient (Wildman–Crippen LogP) is 4.20. The van der Waals surface area contributed by atoms with Crippen LogP contribution < -0.4 is 9.47 Å². The second-order valence-corrected chi connectivity index (χ2v) is 8.42. The number of aromatic nitrogens is 1. The molecule has 2 aromatic carbocycles. The lowest BCUT2D eigenvalue weighted by Gasteiger charge is -2.25. The molecule has 0 saturated carbocycles. The smallest absolute Gasteiger partial charge is 0.212 e. The van der Waals surface area contributed by atoms with Crippen LogP contribution in [0.4, 0.5) is 5.69 Å². The third-order valence-corrected chi connectivity index (χ3v) is 6.12. The molecule has 1 aromatic heterocycles. The Bertz CT molecular complexity index is 1050. The maximum atomic E-state index is 5.76. The fraction of sp³-hybridized carbons (Fsp3) is 0.414. The number of nitrogens with zero attached hydrogens (tertiary/aromatic N) is 2. The van der Waals surface area contributed by atoms with Gasteiger partial charge in [0.2, 0.25) is 11.2 Å². The van der Waals surface area contributed by atoms with E-state index in [0.717, 1.165) is 19.6 Å². The van der Waals surface area contributed by atoms with Gasteiger partial charge in [-0.05, 0) is 42.8 Å². The lowest BCUT2D eigenvalue weighted by atomic mass is 10.1. The van der Waals surface area contributed by atoms with E-state index in [1.807, 2.05) is 0 Å². The van der Waals surface area contributed by atoms with E-state index in [4.69, 9.17) is 18.9 Å². The molecule has 0 unspecified atom stereocenters. The van der Waals surface area contributed by atoms with Crippen molar-refractivity contribution in [3.8, 4) is 0 Å². The molecule has 4 rings (SSSR count). The van der Waals surface area contributed by atoms with Crippen molar-refractivity contribution in [1.82, 2.24) is 0 Å². The largest absolute Gasteiger partial charge is 0.377 e. The molecule has 0 aliphatic carbocycles. The van der Waals surface area contributed by atoms with E-state index in [1.54, 1.807) is 0 Å². The van der Waals surface area contributed by atoms with Crippen LogP contribution in [0, 0.1) is 0 Å². The number of hydrogen-bond donors (Lipinski definition) is 0. The van der Waals surface area contributed by atoms with Crippen molar-refractivity contribution in [2.45, 2.75) is 13.5 Å². The van der Waals surface area contributed by atoms with Crippen molar-refractivity contribution in [3.63, 3.8) is 0 Å². The fourth-order valence-electron chi connectivity index (χ4n) is 4.24. The van der Waals surface area contributed by atoms with Gasteiger partial charge < -0.3 is 23.8 Å². The Labute approximate surface area is 208 Å². The van der Waals surface area contributed by atoms with E-state index in [1.165, 1.54) is 27.8 Å². The first-order chi connectivity index (χ1) is 17.3. The number of ether oxygens (including phenoxy) is 4.